The number of anilines is 1. The Bertz CT molecular complexity index is 942. The van der Waals surface area contributed by atoms with Crippen molar-refractivity contribution in [1.29, 1.82) is 0 Å². The number of hydrogen-bond acceptors (Lipinski definition) is 3. The maximum Gasteiger partial charge on any atom is 0.337 e. The Hall–Kier alpha value is -3.14. The molecule has 25 heavy (non-hydrogen) atoms. The van der Waals surface area contributed by atoms with E-state index in [0.717, 1.165) is 21.9 Å². The monoisotopic (exact) mass is 333 g/mol. The van der Waals surface area contributed by atoms with E-state index < -0.39 is 5.97 Å². The van der Waals surface area contributed by atoms with Gasteiger partial charge in [-0.1, -0.05) is 42.5 Å². The molecule has 0 aliphatic heterocycles. The molecule has 3 aromatic carbocycles. The number of aryl methyl sites for hydroxylation is 1. The van der Waals surface area contributed by atoms with Gasteiger partial charge in [0, 0.05) is 5.69 Å². The third kappa shape index (κ3) is 3.69. The summed E-state index contributed by atoms with van der Waals surface area (Å²) in [5.74, 6) is -0.484. The number of amides is 1. The lowest BCUT2D eigenvalue weighted by molar-refractivity contribution is -0.115. The summed E-state index contributed by atoms with van der Waals surface area (Å²) in [7, 11) is 1.34. The number of nitrogens with one attached hydrogen (secondary N) is 1. The van der Waals surface area contributed by atoms with E-state index in [4.69, 9.17) is 4.74 Å². The van der Waals surface area contributed by atoms with Crippen LogP contribution in [-0.2, 0) is 16.0 Å². The van der Waals surface area contributed by atoms with Crippen LogP contribution in [-0.4, -0.2) is 19.0 Å². The summed E-state index contributed by atoms with van der Waals surface area (Å²) in [6.07, 6.45) is 0.291. The van der Waals surface area contributed by atoms with Crippen molar-refractivity contribution in [3.63, 3.8) is 0 Å². The maximum absolute atomic E-state index is 12.5. The lowest BCUT2D eigenvalue weighted by Crippen LogP contribution is -2.15. The van der Waals surface area contributed by atoms with E-state index in [9.17, 15) is 9.59 Å². The lowest BCUT2D eigenvalue weighted by atomic mass is 10.0. The first-order valence-electron chi connectivity index (χ1n) is 8.04. The highest BCUT2D eigenvalue weighted by Crippen LogP contribution is 2.21. The van der Waals surface area contributed by atoms with Gasteiger partial charge in [-0.2, -0.15) is 0 Å². The number of rotatable bonds is 4. The van der Waals surface area contributed by atoms with E-state index in [1.807, 2.05) is 49.4 Å². The summed E-state index contributed by atoms with van der Waals surface area (Å²) in [6, 6.07) is 19.1. The van der Waals surface area contributed by atoms with E-state index in [-0.39, 0.29) is 5.91 Å². The molecule has 1 amide bonds. The molecule has 0 spiro atoms. The van der Waals surface area contributed by atoms with Gasteiger partial charge in [-0.3, -0.25) is 4.79 Å². The van der Waals surface area contributed by atoms with Crippen molar-refractivity contribution in [3.05, 3.63) is 77.4 Å². The van der Waals surface area contributed by atoms with Gasteiger partial charge >= 0.3 is 5.97 Å². The molecule has 0 bridgehead atoms. The molecule has 0 heterocycles. The van der Waals surface area contributed by atoms with Crippen LogP contribution in [0.3, 0.4) is 0 Å². The van der Waals surface area contributed by atoms with Crippen molar-refractivity contribution in [2.45, 2.75) is 13.3 Å². The smallest absolute Gasteiger partial charge is 0.337 e. The third-order valence-corrected chi connectivity index (χ3v) is 4.15. The van der Waals surface area contributed by atoms with Gasteiger partial charge in [-0.25, -0.2) is 4.79 Å². The molecule has 0 saturated carbocycles. The van der Waals surface area contributed by atoms with Crippen LogP contribution in [0.2, 0.25) is 0 Å². The van der Waals surface area contributed by atoms with Crippen molar-refractivity contribution in [3.8, 4) is 0 Å². The molecule has 0 aliphatic rings. The Morgan fingerprint density at radius 1 is 1.00 bits per heavy atom. The van der Waals surface area contributed by atoms with Crippen molar-refractivity contribution in [2.24, 2.45) is 0 Å². The number of esters is 1. The van der Waals surface area contributed by atoms with Crippen LogP contribution in [0.15, 0.2) is 60.7 Å². The molecular formula is C21H19NO3. The summed E-state index contributed by atoms with van der Waals surface area (Å²) < 4.78 is 4.71. The number of carbonyl (C=O) groups is 2. The van der Waals surface area contributed by atoms with Crippen molar-refractivity contribution < 1.29 is 14.3 Å². The van der Waals surface area contributed by atoms with Gasteiger partial charge in [0.05, 0.1) is 19.1 Å². The van der Waals surface area contributed by atoms with Gasteiger partial charge in [0.15, 0.2) is 0 Å². The van der Waals surface area contributed by atoms with Crippen LogP contribution in [0.5, 0.6) is 0 Å². The molecule has 4 nitrogen and oxygen atoms in total. The zero-order valence-electron chi connectivity index (χ0n) is 14.2. The molecule has 0 radical (unpaired) electrons. The predicted molar refractivity (Wildman–Crippen MR) is 98.8 cm³/mol. The molecule has 126 valence electrons. The van der Waals surface area contributed by atoms with Crippen LogP contribution < -0.4 is 5.32 Å². The third-order valence-electron chi connectivity index (χ3n) is 4.15. The Kier molecular flexibility index (Phi) is 4.80. The second-order valence-electron chi connectivity index (χ2n) is 5.88. The quantitative estimate of drug-likeness (QED) is 0.731. The highest BCUT2D eigenvalue weighted by Gasteiger charge is 2.11. The average Bonchev–Trinajstić information content (AvgIpc) is 2.63. The van der Waals surface area contributed by atoms with Crippen LogP contribution in [0, 0.1) is 6.92 Å². The van der Waals surface area contributed by atoms with Gasteiger partial charge in [0.2, 0.25) is 5.91 Å². The molecule has 3 rings (SSSR count). The van der Waals surface area contributed by atoms with E-state index in [1.54, 1.807) is 18.2 Å². The van der Waals surface area contributed by atoms with E-state index in [1.165, 1.54) is 7.11 Å². The molecule has 0 fully saturated rings. The van der Waals surface area contributed by atoms with Crippen molar-refractivity contribution >= 4 is 28.3 Å². The zero-order chi connectivity index (χ0) is 17.8. The second kappa shape index (κ2) is 7.18. The normalized spacial score (nSPS) is 10.5. The van der Waals surface area contributed by atoms with Crippen LogP contribution in [0.4, 0.5) is 5.69 Å². The predicted octanol–water partition coefficient (Wildman–Crippen LogP) is 4.12. The molecular weight excluding hydrogens is 314 g/mol. The fraction of sp³-hybridized carbons (Fsp3) is 0.143. The Labute approximate surface area is 146 Å². The number of methoxy groups -OCH3 is 1. The van der Waals surface area contributed by atoms with Crippen LogP contribution in [0.25, 0.3) is 10.8 Å². The number of fused-ring (bicyclic) bond motifs is 1. The number of benzene rings is 3. The van der Waals surface area contributed by atoms with Gasteiger partial charge in [-0.05, 0) is 47.0 Å². The van der Waals surface area contributed by atoms with Crippen LogP contribution >= 0.6 is 0 Å². The average molecular weight is 333 g/mol. The largest absolute Gasteiger partial charge is 0.465 e. The molecule has 3 aromatic rings. The summed E-state index contributed by atoms with van der Waals surface area (Å²) in [5, 5.41) is 5.11. The minimum atomic E-state index is -0.392. The SMILES string of the molecule is COC(=O)c1ccc(NC(=O)Cc2cccc3ccccc23)c(C)c1. The molecule has 0 saturated heterocycles. The van der Waals surface area contributed by atoms with Gasteiger partial charge in [0.1, 0.15) is 0 Å². The fourth-order valence-electron chi connectivity index (χ4n) is 2.86. The van der Waals surface area contributed by atoms with Crippen molar-refractivity contribution in [1.82, 2.24) is 0 Å². The highest BCUT2D eigenvalue weighted by molar-refractivity contribution is 5.97. The lowest BCUT2D eigenvalue weighted by Gasteiger charge is -2.11. The molecule has 0 aromatic heterocycles. The zero-order valence-corrected chi connectivity index (χ0v) is 14.2. The topological polar surface area (TPSA) is 55.4 Å². The standard InChI is InChI=1S/C21H19NO3/c1-14-12-17(21(24)25-2)10-11-19(14)22-20(23)13-16-8-5-7-15-6-3-4-9-18(15)16/h3-12H,13H2,1-2H3,(H,22,23). The minimum absolute atomic E-state index is 0.0923. The molecule has 4 heteroatoms. The first-order chi connectivity index (χ1) is 12.1. The maximum atomic E-state index is 12.5. The number of hydrogen-bond donors (Lipinski definition) is 1. The minimum Gasteiger partial charge on any atom is -0.465 e. The van der Waals surface area contributed by atoms with Crippen molar-refractivity contribution in [2.75, 3.05) is 12.4 Å². The van der Waals surface area contributed by atoms with E-state index in [2.05, 4.69) is 5.32 Å². The second-order valence-corrected chi connectivity index (χ2v) is 5.88. The van der Waals surface area contributed by atoms with E-state index in [0.29, 0.717) is 17.7 Å². The summed E-state index contributed by atoms with van der Waals surface area (Å²) in [6.45, 7) is 1.85. The first kappa shape index (κ1) is 16.7. The molecule has 0 atom stereocenters. The molecule has 0 unspecified atom stereocenters. The van der Waals surface area contributed by atoms with Gasteiger partial charge < -0.3 is 10.1 Å². The van der Waals surface area contributed by atoms with E-state index >= 15 is 0 Å². The number of ether oxygens (including phenoxy) is 1. The van der Waals surface area contributed by atoms with Crippen LogP contribution in [0.1, 0.15) is 21.5 Å². The summed E-state index contributed by atoms with van der Waals surface area (Å²) in [5.41, 5.74) is 2.96. The number of carbonyl (C=O) groups excluding carboxylic acids is 2. The Morgan fingerprint density at radius 3 is 2.52 bits per heavy atom. The molecule has 1 N–H and O–H groups in total. The Balaban J connectivity index is 1.77. The fourth-order valence-corrected chi connectivity index (χ4v) is 2.86. The highest BCUT2D eigenvalue weighted by atomic mass is 16.5. The summed E-state index contributed by atoms with van der Waals surface area (Å²) >= 11 is 0. The van der Waals surface area contributed by atoms with Gasteiger partial charge in [0.25, 0.3) is 0 Å². The summed E-state index contributed by atoms with van der Waals surface area (Å²) in [4.78, 5) is 24.0. The first-order valence-corrected chi connectivity index (χ1v) is 8.04. The van der Waals surface area contributed by atoms with Gasteiger partial charge in [-0.15, -0.1) is 0 Å². The Morgan fingerprint density at radius 2 is 1.76 bits per heavy atom. The molecule has 0 aliphatic carbocycles.